The highest BCUT2D eigenvalue weighted by molar-refractivity contribution is 6.34. The minimum Gasteiger partial charge on any atom is -0.481 e. The minimum atomic E-state index is -0.934. The van der Waals surface area contributed by atoms with Gasteiger partial charge in [0.25, 0.3) is 5.91 Å². The Morgan fingerprint density at radius 1 is 1.06 bits per heavy atom. The average molecular weight is 453 g/mol. The summed E-state index contributed by atoms with van der Waals surface area (Å²) in [7, 11) is 0. The number of nitrogens with one attached hydrogen (secondary N) is 1. The molecule has 1 aromatic heterocycles. The zero-order valence-corrected chi connectivity index (χ0v) is 19.2. The molecule has 0 aliphatic carbocycles. The lowest BCUT2D eigenvalue weighted by molar-refractivity contribution is -0.136. The topological polar surface area (TPSA) is 71.3 Å². The zero-order chi connectivity index (χ0) is 23.1. The molecule has 0 saturated carbocycles. The number of carbonyl (C=O) groups excluding carboxylic acids is 1. The maximum atomic E-state index is 13.1. The summed E-state index contributed by atoms with van der Waals surface area (Å²) in [4.78, 5) is 24.1. The quantitative estimate of drug-likeness (QED) is 0.405. The van der Waals surface area contributed by atoms with Crippen LogP contribution < -0.4 is 5.32 Å². The number of rotatable bonds is 10. The van der Waals surface area contributed by atoms with Crippen LogP contribution >= 0.6 is 11.6 Å². The van der Waals surface area contributed by atoms with E-state index >= 15 is 0 Å². The Bertz CT molecular complexity index is 1070. The van der Waals surface area contributed by atoms with Crippen LogP contribution in [0.1, 0.15) is 47.4 Å². The van der Waals surface area contributed by atoms with Crippen molar-refractivity contribution in [2.24, 2.45) is 5.92 Å². The molecule has 32 heavy (non-hydrogen) atoms. The Kier molecular flexibility index (Phi) is 8.12. The van der Waals surface area contributed by atoms with Gasteiger partial charge in [-0.05, 0) is 54.5 Å². The molecule has 0 atom stereocenters. The third kappa shape index (κ3) is 6.47. The lowest BCUT2D eigenvalue weighted by Gasteiger charge is -2.14. The molecule has 0 unspecified atom stereocenters. The fraction of sp³-hybridized carbons (Fsp3) is 0.308. The molecule has 6 heteroatoms. The van der Waals surface area contributed by atoms with Crippen LogP contribution in [0.3, 0.4) is 0 Å². The summed E-state index contributed by atoms with van der Waals surface area (Å²) in [5, 5.41) is 12.3. The fourth-order valence-electron chi connectivity index (χ4n) is 3.78. The van der Waals surface area contributed by atoms with Crippen LogP contribution in [0.25, 0.3) is 0 Å². The molecule has 0 aliphatic heterocycles. The zero-order valence-electron chi connectivity index (χ0n) is 18.5. The number of carbonyl (C=O) groups is 2. The monoisotopic (exact) mass is 452 g/mol. The van der Waals surface area contributed by atoms with Crippen molar-refractivity contribution in [3.63, 3.8) is 0 Å². The van der Waals surface area contributed by atoms with Crippen LogP contribution in [-0.4, -0.2) is 21.6 Å². The lowest BCUT2D eigenvalue weighted by atomic mass is 10.0. The molecular formula is C26H29ClN2O3. The SMILES string of the molecule is CC(C)Cc1c(C(=O)Nc2cc(CC(=O)O)ccc2Cl)ccn1CCCc1ccccc1. The third-order valence-electron chi connectivity index (χ3n) is 5.27. The summed E-state index contributed by atoms with van der Waals surface area (Å²) in [6.45, 7) is 5.10. The number of hydrogen-bond acceptors (Lipinski definition) is 2. The van der Waals surface area contributed by atoms with Gasteiger partial charge in [-0.1, -0.05) is 61.8 Å². The number of carboxylic acid groups (broad SMARTS) is 1. The highest BCUT2D eigenvalue weighted by atomic mass is 35.5. The Morgan fingerprint density at radius 2 is 1.81 bits per heavy atom. The van der Waals surface area contributed by atoms with Crippen molar-refractivity contribution in [1.82, 2.24) is 4.57 Å². The first kappa shape index (κ1) is 23.6. The van der Waals surface area contributed by atoms with Gasteiger partial charge in [0.1, 0.15) is 0 Å². The van der Waals surface area contributed by atoms with Gasteiger partial charge in [-0.15, -0.1) is 0 Å². The number of carboxylic acids is 1. The number of benzene rings is 2. The molecule has 3 rings (SSSR count). The van der Waals surface area contributed by atoms with Crippen LogP contribution in [0, 0.1) is 5.92 Å². The number of aryl methyl sites for hydroxylation is 2. The van der Waals surface area contributed by atoms with Crippen molar-refractivity contribution >= 4 is 29.2 Å². The molecular weight excluding hydrogens is 424 g/mol. The highest BCUT2D eigenvalue weighted by Gasteiger charge is 2.18. The third-order valence-corrected chi connectivity index (χ3v) is 5.60. The molecule has 0 fully saturated rings. The van der Waals surface area contributed by atoms with Gasteiger partial charge in [0.05, 0.1) is 22.7 Å². The molecule has 0 radical (unpaired) electrons. The molecule has 1 amide bonds. The Labute approximate surface area is 194 Å². The van der Waals surface area contributed by atoms with Crippen LogP contribution in [0.5, 0.6) is 0 Å². The van der Waals surface area contributed by atoms with Crippen molar-refractivity contribution in [2.75, 3.05) is 5.32 Å². The van der Waals surface area contributed by atoms with E-state index in [0.29, 0.717) is 27.8 Å². The van der Waals surface area contributed by atoms with E-state index in [4.69, 9.17) is 16.7 Å². The second kappa shape index (κ2) is 11.0. The normalized spacial score (nSPS) is 11.0. The molecule has 2 aromatic carbocycles. The number of amides is 1. The number of aromatic nitrogens is 1. The summed E-state index contributed by atoms with van der Waals surface area (Å²) in [6, 6.07) is 17.1. The first-order valence-electron chi connectivity index (χ1n) is 10.9. The molecule has 168 valence electrons. The second-order valence-corrected chi connectivity index (χ2v) is 8.80. The van der Waals surface area contributed by atoms with Gasteiger partial charge in [0.15, 0.2) is 0 Å². The Morgan fingerprint density at radius 3 is 2.50 bits per heavy atom. The number of hydrogen-bond donors (Lipinski definition) is 2. The van der Waals surface area contributed by atoms with Gasteiger partial charge >= 0.3 is 5.97 Å². The Balaban J connectivity index is 1.76. The molecule has 2 N–H and O–H groups in total. The first-order chi connectivity index (χ1) is 15.3. The van der Waals surface area contributed by atoms with Gasteiger partial charge in [-0.2, -0.15) is 0 Å². The van der Waals surface area contributed by atoms with E-state index in [9.17, 15) is 9.59 Å². The molecule has 0 spiro atoms. The predicted octanol–water partition coefficient (Wildman–Crippen LogP) is 5.85. The number of anilines is 1. The molecule has 5 nitrogen and oxygen atoms in total. The van der Waals surface area contributed by atoms with Gasteiger partial charge in [0.2, 0.25) is 0 Å². The van der Waals surface area contributed by atoms with Crippen LogP contribution in [0.15, 0.2) is 60.8 Å². The van der Waals surface area contributed by atoms with Crippen molar-refractivity contribution in [3.05, 3.63) is 88.2 Å². The molecule has 1 heterocycles. The maximum Gasteiger partial charge on any atom is 0.307 e. The van der Waals surface area contributed by atoms with E-state index in [1.54, 1.807) is 18.2 Å². The van der Waals surface area contributed by atoms with E-state index < -0.39 is 5.97 Å². The highest BCUT2D eigenvalue weighted by Crippen LogP contribution is 2.25. The first-order valence-corrected chi connectivity index (χ1v) is 11.2. The second-order valence-electron chi connectivity index (χ2n) is 8.40. The predicted molar refractivity (Wildman–Crippen MR) is 128 cm³/mol. The minimum absolute atomic E-state index is 0.129. The average Bonchev–Trinajstić information content (AvgIpc) is 3.13. The van der Waals surface area contributed by atoms with Crippen molar-refractivity contribution < 1.29 is 14.7 Å². The van der Waals surface area contributed by atoms with Crippen molar-refractivity contribution in [2.45, 2.75) is 46.1 Å². The van der Waals surface area contributed by atoms with Crippen LogP contribution in [0.2, 0.25) is 5.02 Å². The van der Waals surface area contributed by atoms with E-state index in [0.717, 1.165) is 31.5 Å². The summed E-state index contributed by atoms with van der Waals surface area (Å²) in [6.07, 6.45) is 4.59. The van der Waals surface area contributed by atoms with E-state index in [1.165, 1.54) is 5.56 Å². The molecule has 0 aliphatic rings. The summed E-state index contributed by atoms with van der Waals surface area (Å²) >= 11 is 6.25. The standard InChI is InChI=1S/C26H29ClN2O3/c1-18(2)15-24-21(12-14-29(24)13-6-9-19-7-4-3-5-8-19)26(32)28-23-16-20(17-25(30)31)10-11-22(23)27/h3-5,7-8,10-12,14,16,18H,6,9,13,15,17H2,1-2H3,(H,28,32)(H,30,31). The summed E-state index contributed by atoms with van der Waals surface area (Å²) < 4.78 is 2.17. The van der Waals surface area contributed by atoms with Gasteiger partial charge in [-0.3, -0.25) is 9.59 Å². The van der Waals surface area contributed by atoms with Crippen molar-refractivity contribution in [3.8, 4) is 0 Å². The summed E-state index contributed by atoms with van der Waals surface area (Å²) in [5.74, 6) is -0.778. The van der Waals surface area contributed by atoms with Gasteiger partial charge in [-0.25, -0.2) is 0 Å². The van der Waals surface area contributed by atoms with Crippen LogP contribution in [0.4, 0.5) is 5.69 Å². The van der Waals surface area contributed by atoms with Crippen molar-refractivity contribution in [1.29, 1.82) is 0 Å². The molecule has 0 bridgehead atoms. The van der Waals surface area contributed by atoms with Gasteiger partial charge in [0, 0.05) is 18.4 Å². The maximum absolute atomic E-state index is 13.1. The largest absolute Gasteiger partial charge is 0.481 e. The molecule has 3 aromatic rings. The number of halogens is 1. The number of aliphatic carboxylic acids is 1. The molecule has 0 saturated heterocycles. The summed E-state index contributed by atoms with van der Waals surface area (Å²) in [5.41, 5.74) is 3.93. The van der Waals surface area contributed by atoms with Gasteiger partial charge < -0.3 is 15.0 Å². The Hall–Kier alpha value is -3.05. The van der Waals surface area contributed by atoms with E-state index in [1.807, 2.05) is 30.5 Å². The van der Waals surface area contributed by atoms with E-state index in [2.05, 4.69) is 35.9 Å². The van der Waals surface area contributed by atoms with Crippen LogP contribution in [-0.2, 0) is 30.6 Å². The van der Waals surface area contributed by atoms with E-state index in [-0.39, 0.29) is 12.3 Å². The smallest absolute Gasteiger partial charge is 0.307 e. The lowest BCUT2D eigenvalue weighted by Crippen LogP contribution is -2.17. The number of nitrogens with zero attached hydrogens (tertiary/aromatic N) is 1. The fourth-order valence-corrected chi connectivity index (χ4v) is 3.94.